The lowest BCUT2D eigenvalue weighted by Gasteiger charge is -2.13. The van der Waals surface area contributed by atoms with Crippen LogP contribution in [0.5, 0.6) is 11.5 Å². The summed E-state index contributed by atoms with van der Waals surface area (Å²) in [6.07, 6.45) is 1.69. The first-order valence-corrected chi connectivity index (χ1v) is 11.0. The Bertz CT molecular complexity index is 1220. The zero-order valence-electron chi connectivity index (χ0n) is 17.6. The van der Waals surface area contributed by atoms with Gasteiger partial charge in [-0.25, -0.2) is 0 Å². The van der Waals surface area contributed by atoms with Crippen LogP contribution in [0.1, 0.15) is 18.1 Å². The zero-order valence-corrected chi connectivity index (χ0v) is 19.8. The Morgan fingerprint density at radius 3 is 2.36 bits per heavy atom. The van der Waals surface area contributed by atoms with Gasteiger partial charge in [0.1, 0.15) is 0 Å². The van der Waals surface area contributed by atoms with E-state index in [0.717, 1.165) is 0 Å². The third-order valence-corrected chi connectivity index (χ3v) is 5.21. The minimum absolute atomic E-state index is 0.207. The summed E-state index contributed by atoms with van der Waals surface area (Å²) in [5.74, 6) is 0.529. The quantitative estimate of drug-likeness (QED) is 0.263. The predicted molar refractivity (Wildman–Crippen MR) is 133 cm³/mol. The first-order chi connectivity index (χ1) is 15.9. The number of amides is 1. The van der Waals surface area contributed by atoms with Gasteiger partial charge in [-0.3, -0.25) is 4.79 Å². The van der Waals surface area contributed by atoms with Crippen molar-refractivity contribution in [1.82, 2.24) is 0 Å². The molecule has 0 bridgehead atoms. The molecule has 0 heterocycles. The van der Waals surface area contributed by atoms with Gasteiger partial charge in [-0.05, 0) is 67.1 Å². The van der Waals surface area contributed by atoms with Gasteiger partial charge in [-0.2, -0.15) is 5.26 Å². The number of ether oxygens (including phenoxy) is 2. The molecule has 0 radical (unpaired) electrons. The van der Waals surface area contributed by atoms with Gasteiger partial charge in [0.25, 0.3) is 5.91 Å². The molecule has 5 nitrogen and oxygen atoms in total. The maximum absolute atomic E-state index is 12.2. The Hall–Kier alpha value is -3.17. The van der Waals surface area contributed by atoms with E-state index in [1.54, 1.807) is 66.7 Å². The molecule has 0 atom stereocenters. The molecule has 8 heteroatoms. The van der Waals surface area contributed by atoms with E-state index in [-0.39, 0.29) is 12.5 Å². The summed E-state index contributed by atoms with van der Waals surface area (Å²) >= 11 is 18.1. The summed E-state index contributed by atoms with van der Waals surface area (Å²) in [5.41, 5.74) is 2.26. The normalized spacial score (nSPS) is 10.9. The van der Waals surface area contributed by atoms with Crippen LogP contribution in [0.2, 0.25) is 15.1 Å². The van der Waals surface area contributed by atoms with Crippen LogP contribution in [0.25, 0.3) is 11.6 Å². The largest absolute Gasteiger partial charge is 0.490 e. The van der Waals surface area contributed by atoms with E-state index in [9.17, 15) is 10.1 Å². The van der Waals surface area contributed by atoms with E-state index in [0.29, 0.717) is 55.6 Å². The van der Waals surface area contributed by atoms with Crippen LogP contribution in [-0.2, 0) is 4.79 Å². The van der Waals surface area contributed by atoms with Crippen LogP contribution in [0.15, 0.2) is 60.7 Å². The SMILES string of the molecule is CCOc1cc(/C=C(\C#N)c2ccc(Cl)cc2Cl)ccc1OCC(=O)Nc1ccc(Cl)cc1. The van der Waals surface area contributed by atoms with Gasteiger partial charge < -0.3 is 14.8 Å². The van der Waals surface area contributed by atoms with E-state index >= 15 is 0 Å². The Balaban J connectivity index is 1.76. The molecule has 0 aliphatic heterocycles. The molecule has 3 aromatic carbocycles. The van der Waals surface area contributed by atoms with Crippen LogP contribution in [-0.4, -0.2) is 19.1 Å². The number of allylic oxidation sites excluding steroid dienone is 1. The number of rotatable bonds is 8. The molecular weight excluding hydrogens is 483 g/mol. The number of hydrogen-bond acceptors (Lipinski definition) is 4. The Morgan fingerprint density at radius 2 is 1.70 bits per heavy atom. The summed E-state index contributed by atoms with van der Waals surface area (Å²) in [7, 11) is 0. The van der Waals surface area contributed by atoms with Crippen molar-refractivity contribution in [1.29, 1.82) is 5.26 Å². The van der Waals surface area contributed by atoms with Crippen molar-refractivity contribution in [2.45, 2.75) is 6.92 Å². The van der Waals surface area contributed by atoms with Gasteiger partial charge in [0.05, 0.1) is 23.3 Å². The molecule has 0 aromatic heterocycles. The fourth-order valence-corrected chi connectivity index (χ4v) is 3.56. The first kappa shape index (κ1) is 24.5. The smallest absolute Gasteiger partial charge is 0.262 e. The number of hydrogen-bond donors (Lipinski definition) is 1. The van der Waals surface area contributed by atoms with Gasteiger partial charge >= 0.3 is 0 Å². The van der Waals surface area contributed by atoms with E-state index in [1.165, 1.54) is 0 Å². The minimum Gasteiger partial charge on any atom is -0.490 e. The topological polar surface area (TPSA) is 71.3 Å². The second kappa shape index (κ2) is 11.6. The lowest BCUT2D eigenvalue weighted by molar-refractivity contribution is -0.118. The van der Waals surface area contributed by atoms with Crippen molar-refractivity contribution in [2.75, 3.05) is 18.5 Å². The number of nitriles is 1. The van der Waals surface area contributed by atoms with E-state index in [4.69, 9.17) is 44.3 Å². The monoisotopic (exact) mass is 500 g/mol. The van der Waals surface area contributed by atoms with Crippen LogP contribution in [0.3, 0.4) is 0 Å². The molecule has 0 spiro atoms. The van der Waals surface area contributed by atoms with E-state index in [1.807, 2.05) is 6.92 Å². The van der Waals surface area contributed by atoms with Crippen LogP contribution < -0.4 is 14.8 Å². The van der Waals surface area contributed by atoms with Gasteiger partial charge in [0.15, 0.2) is 18.1 Å². The molecule has 0 unspecified atom stereocenters. The van der Waals surface area contributed by atoms with Crippen molar-refractivity contribution in [3.8, 4) is 17.6 Å². The van der Waals surface area contributed by atoms with Crippen LogP contribution >= 0.6 is 34.8 Å². The summed E-state index contributed by atoms with van der Waals surface area (Å²) in [4.78, 5) is 12.2. The standard InChI is InChI=1S/C25H19Cl3N2O3/c1-2-32-24-12-16(11-17(14-29)21-9-6-19(27)13-22(21)28)3-10-23(24)33-15-25(31)30-20-7-4-18(26)5-8-20/h3-13H,2,15H2,1H3,(H,30,31)/b17-11+. The molecular formula is C25H19Cl3N2O3. The Morgan fingerprint density at radius 1 is 0.970 bits per heavy atom. The minimum atomic E-state index is -0.326. The lowest BCUT2D eigenvalue weighted by atomic mass is 10.0. The van der Waals surface area contributed by atoms with Gasteiger partial charge in [-0.1, -0.05) is 46.9 Å². The van der Waals surface area contributed by atoms with E-state index in [2.05, 4.69) is 11.4 Å². The number of nitrogens with one attached hydrogen (secondary N) is 1. The van der Waals surface area contributed by atoms with Crippen LogP contribution in [0.4, 0.5) is 5.69 Å². The lowest BCUT2D eigenvalue weighted by Crippen LogP contribution is -2.20. The highest BCUT2D eigenvalue weighted by atomic mass is 35.5. The van der Waals surface area contributed by atoms with Crippen molar-refractivity contribution in [2.24, 2.45) is 0 Å². The fraction of sp³-hybridized carbons (Fsp3) is 0.120. The molecule has 0 aliphatic carbocycles. The second-order valence-electron chi connectivity index (χ2n) is 6.78. The highest BCUT2D eigenvalue weighted by Gasteiger charge is 2.11. The summed E-state index contributed by atoms with van der Waals surface area (Å²) in [6, 6.07) is 19.1. The molecule has 3 rings (SSSR count). The summed E-state index contributed by atoms with van der Waals surface area (Å²) in [5, 5.41) is 13.8. The molecule has 0 saturated carbocycles. The maximum atomic E-state index is 12.2. The second-order valence-corrected chi connectivity index (χ2v) is 8.06. The number of halogens is 3. The van der Waals surface area contributed by atoms with Crippen molar-refractivity contribution in [3.63, 3.8) is 0 Å². The highest BCUT2D eigenvalue weighted by Crippen LogP contribution is 2.32. The van der Waals surface area contributed by atoms with Gasteiger partial charge in [-0.15, -0.1) is 0 Å². The first-order valence-electron chi connectivity index (χ1n) is 9.92. The zero-order chi connectivity index (χ0) is 23.8. The molecule has 1 amide bonds. The number of nitrogens with zero attached hydrogens (tertiary/aromatic N) is 1. The Kier molecular flexibility index (Phi) is 8.62. The number of benzene rings is 3. The van der Waals surface area contributed by atoms with E-state index < -0.39 is 0 Å². The molecule has 1 N–H and O–H groups in total. The summed E-state index contributed by atoms with van der Waals surface area (Å²) in [6.45, 7) is 2.03. The number of anilines is 1. The molecule has 168 valence electrons. The fourth-order valence-electron chi connectivity index (χ4n) is 2.92. The number of carbonyl (C=O) groups excluding carboxylic acids is 1. The molecule has 0 aliphatic rings. The average molecular weight is 502 g/mol. The molecule has 0 saturated heterocycles. The summed E-state index contributed by atoms with van der Waals surface area (Å²) < 4.78 is 11.3. The predicted octanol–water partition coefficient (Wildman–Crippen LogP) is 7.13. The van der Waals surface area contributed by atoms with Crippen LogP contribution in [0, 0.1) is 11.3 Å². The maximum Gasteiger partial charge on any atom is 0.262 e. The number of carbonyl (C=O) groups is 1. The van der Waals surface area contributed by atoms with Gasteiger partial charge in [0.2, 0.25) is 0 Å². The third-order valence-electron chi connectivity index (χ3n) is 4.41. The third kappa shape index (κ3) is 6.90. The highest BCUT2D eigenvalue weighted by molar-refractivity contribution is 6.36. The Labute approximate surface area is 207 Å². The molecule has 0 fully saturated rings. The van der Waals surface area contributed by atoms with Crippen molar-refractivity contribution in [3.05, 3.63) is 86.9 Å². The van der Waals surface area contributed by atoms with Crippen molar-refractivity contribution < 1.29 is 14.3 Å². The molecule has 33 heavy (non-hydrogen) atoms. The van der Waals surface area contributed by atoms with Gasteiger partial charge in [0, 0.05) is 21.3 Å². The van der Waals surface area contributed by atoms with Crippen molar-refractivity contribution >= 4 is 58.0 Å². The average Bonchev–Trinajstić information content (AvgIpc) is 2.79. The molecule has 3 aromatic rings.